The molecule has 128 valence electrons. The number of hydrogen-bond acceptors (Lipinski definition) is 3. The molecule has 1 heterocycles. The Labute approximate surface area is 144 Å². The van der Waals surface area contributed by atoms with E-state index in [0.717, 1.165) is 30.2 Å². The normalized spacial score (nSPS) is 19.3. The van der Waals surface area contributed by atoms with E-state index in [1.165, 1.54) is 0 Å². The van der Waals surface area contributed by atoms with Gasteiger partial charge in [0.15, 0.2) is 0 Å². The van der Waals surface area contributed by atoms with E-state index in [9.17, 15) is 4.79 Å². The SMILES string of the molecule is CC(C)N(C(=O)CN1CCNCC1c1cccc(Cl)c1)C(C)C. The van der Waals surface area contributed by atoms with Gasteiger partial charge < -0.3 is 10.2 Å². The molecular formula is C18H28ClN3O. The molecule has 1 saturated heterocycles. The Bertz CT molecular complexity index is 525. The molecule has 0 radical (unpaired) electrons. The van der Waals surface area contributed by atoms with Crippen molar-refractivity contribution in [2.24, 2.45) is 0 Å². The largest absolute Gasteiger partial charge is 0.337 e. The van der Waals surface area contributed by atoms with Crippen LogP contribution >= 0.6 is 11.6 Å². The van der Waals surface area contributed by atoms with Crippen LogP contribution in [0.3, 0.4) is 0 Å². The molecule has 1 aromatic carbocycles. The highest BCUT2D eigenvalue weighted by molar-refractivity contribution is 6.30. The van der Waals surface area contributed by atoms with E-state index in [0.29, 0.717) is 6.54 Å². The standard InChI is InChI=1S/C18H28ClN3O/c1-13(2)22(14(3)4)18(23)12-21-9-8-20-11-17(21)15-6-5-7-16(19)10-15/h5-7,10,13-14,17,20H,8-9,11-12H2,1-4H3. The van der Waals surface area contributed by atoms with Gasteiger partial charge in [0.2, 0.25) is 5.91 Å². The molecule has 1 unspecified atom stereocenters. The van der Waals surface area contributed by atoms with Crippen molar-refractivity contribution in [2.75, 3.05) is 26.2 Å². The number of halogens is 1. The zero-order valence-corrected chi connectivity index (χ0v) is 15.3. The molecule has 0 aliphatic carbocycles. The van der Waals surface area contributed by atoms with E-state index >= 15 is 0 Å². The summed E-state index contributed by atoms with van der Waals surface area (Å²) in [7, 11) is 0. The number of nitrogens with one attached hydrogen (secondary N) is 1. The quantitative estimate of drug-likeness (QED) is 0.897. The first kappa shape index (κ1) is 18.2. The van der Waals surface area contributed by atoms with E-state index in [4.69, 9.17) is 11.6 Å². The topological polar surface area (TPSA) is 35.6 Å². The minimum Gasteiger partial charge on any atom is -0.337 e. The second-order valence-corrected chi connectivity index (χ2v) is 7.17. The number of benzene rings is 1. The molecule has 0 saturated carbocycles. The second-order valence-electron chi connectivity index (χ2n) is 6.73. The molecule has 2 rings (SSSR count). The summed E-state index contributed by atoms with van der Waals surface area (Å²) in [6, 6.07) is 8.57. The van der Waals surface area contributed by atoms with E-state index in [1.54, 1.807) is 0 Å². The van der Waals surface area contributed by atoms with Crippen LogP contribution in [-0.4, -0.2) is 54.0 Å². The lowest BCUT2D eigenvalue weighted by Gasteiger charge is -2.39. The summed E-state index contributed by atoms with van der Waals surface area (Å²) in [5, 5.41) is 4.16. The van der Waals surface area contributed by atoms with Crippen LogP contribution < -0.4 is 5.32 Å². The van der Waals surface area contributed by atoms with Crippen LogP contribution in [0.1, 0.15) is 39.3 Å². The van der Waals surface area contributed by atoms with E-state index in [2.05, 4.69) is 44.0 Å². The van der Waals surface area contributed by atoms with Gasteiger partial charge in [0, 0.05) is 42.8 Å². The lowest BCUT2D eigenvalue weighted by molar-refractivity contribution is -0.136. The fourth-order valence-corrected chi connectivity index (χ4v) is 3.60. The van der Waals surface area contributed by atoms with E-state index < -0.39 is 0 Å². The van der Waals surface area contributed by atoms with Crippen molar-refractivity contribution in [2.45, 2.75) is 45.8 Å². The average molecular weight is 338 g/mol. The molecule has 1 aliphatic heterocycles. The lowest BCUT2D eigenvalue weighted by atomic mass is 10.0. The fraction of sp³-hybridized carbons (Fsp3) is 0.611. The number of rotatable bonds is 5. The van der Waals surface area contributed by atoms with Gasteiger partial charge in [0.1, 0.15) is 0 Å². The van der Waals surface area contributed by atoms with Gasteiger partial charge in [-0.15, -0.1) is 0 Å². The van der Waals surface area contributed by atoms with E-state index in [1.807, 2.05) is 23.1 Å². The van der Waals surface area contributed by atoms with Crippen molar-refractivity contribution in [3.05, 3.63) is 34.9 Å². The number of carbonyl (C=O) groups excluding carboxylic acids is 1. The molecule has 23 heavy (non-hydrogen) atoms. The summed E-state index contributed by atoms with van der Waals surface area (Å²) in [4.78, 5) is 17.0. The van der Waals surface area contributed by atoms with Gasteiger partial charge in [0.05, 0.1) is 6.54 Å². The van der Waals surface area contributed by atoms with Crippen LogP contribution in [0.25, 0.3) is 0 Å². The van der Waals surface area contributed by atoms with Crippen LogP contribution in [0.2, 0.25) is 5.02 Å². The number of hydrogen-bond donors (Lipinski definition) is 1. The molecule has 5 heteroatoms. The second kappa shape index (κ2) is 8.13. The zero-order chi connectivity index (χ0) is 17.0. The molecule has 0 aromatic heterocycles. The smallest absolute Gasteiger partial charge is 0.237 e. The average Bonchev–Trinajstić information content (AvgIpc) is 2.46. The zero-order valence-electron chi connectivity index (χ0n) is 14.6. The van der Waals surface area contributed by atoms with Gasteiger partial charge in [-0.2, -0.15) is 0 Å². The third kappa shape index (κ3) is 4.69. The van der Waals surface area contributed by atoms with Gasteiger partial charge in [-0.05, 0) is 45.4 Å². The number of carbonyl (C=O) groups is 1. The third-order valence-corrected chi connectivity index (χ3v) is 4.56. The number of piperazine rings is 1. The molecular weight excluding hydrogens is 310 g/mol. The van der Waals surface area contributed by atoms with Gasteiger partial charge in [-0.1, -0.05) is 23.7 Å². The van der Waals surface area contributed by atoms with Gasteiger partial charge in [0.25, 0.3) is 0 Å². The first-order valence-electron chi connectivity index (χ1n) is 8.41. The van der Waals surface area contributed by atoms with Crippen LogP contribution in [-0.2, 0) is 4.79 Å². The fourth-order valence-electron chi connectivity index (χ4n) is 3.41. The lowest BCUT2D eigenvalue weighted by Crippen LogP contribution is -2.52. The van der Waals surface area contributed by atoms with Gasteiger partial charge in [-0.3, -0.25) is 9.69 Å². The Morgan fingerprint density at radius 1 is 1.35 bits per heavy atom. The summed E-state index contributed by atoms with van der Waals surface area (Å²) >= 11 is 6.14. The van der Waals surface area contributed by atoms with Crippen molar-refractivity contribution >= 4 is 17.5 Å². The predicted octanol–water partition coefficient (Wildman–Crippen LogP) is 2.93. The maximum atomic E-state index is 12.8. The summed E-state index contributed by atoms with van der Waals surface area (Å²) in [6.07, 6.45) is 0. The van der Waals surface area contributed by atoms with E-state index in [-0.39, 0.29) is 24.0 Å². The first-order valence-corrected chi connectivity index (χ1v) is 8.79. The van der Waals surface area contributed by atoms with Crippen molar-refractivity contribution < 1.29 is 4.79 Å². The summed E-state index contributed by atoms with van der Waals surface area (Å²) in [6.45, 7) is 11.4. The Balaban J connectivity index is 2.14. The van der Waals surface area contributed by atoms with Crippen molar-refractivity contribution in [3.8, 4) is 0 Å². The molecule has 1 N–H and O–H groups in total. The van der Waals surface area contributed by atoms with Gasteiger partial charge >= 0.3 is 0 Å². The maximum absolute atomic E-state index is 12.8. The molecule has 4 nitrogen and oxygen atoms in total. The van der Waals surface area contributed by atoms with Crippen molar-refractivity contribution in [1.82, 2.24) is 15.1 Å². The highest BCUT2D eigenvalue weighted by Gasteiger charge is 2.28. The Hall–Kier alpha value is -1.10. The van der Waals surface area contributed by atoms with Crippen LogP contribution in [0.15, 0.2) is 24.3 Å². The van der Waals surface area contributed by atoms with Crippen LogP contribution in [0, 0.1) is 0 Å². The third-order valence-electron chi connectivity index (χ3n) is 4.33. The van der Waals surface area contributed by atoms with Gasteiger partial charge in [-0.25, -0.2) is 0 Å². The number of amides is 1. The van der Waals surface area contributed by atoms with Crippen LogP contribution in [0.4, 0.5) is 0 Å². The Morgan fingerprint density at radius 3 is 2.65 bits per heavy atom. The van der Waals surface area contributed by atoms with Crippen LogP contribution in [0.5, 0.6) is 0 Å². The highest BCUT2D eigenvalue weighted by Crippen LogP contribution is 2.25. The first-order chi connectivity index (χ1) is 10.9. The molecule has 1 aromatic rings. The molecule has 1 fully saturated rings. The Morgan fingerprint density at radius 2 is 2.04 bits per heavy atom. The summed E-state index contributed by atoms with van der Waals surface area (Å²) in [5.74, 6) is 0.198. The van der Waals surface area contributed by atoms with Crippen molar-refractivity contribution in [1.29, 1.82) is 0 Å². The molecule has 1 atom stereocenters. The summed E-state index contributed by atoms with van der Waals surface area (Å²) in [5.41, 5.74) is 1.16. The number of nitrogens with zero attached hydrogens (tertiary/aromatic N) is 2. The predicted molar refractivity (Wildman–Crippen MR) is 95.8 cm³/mol. The molecule has 0 spiro atoms. The minimum atomic E-state index is 0.188. The van der Waals surface area contributed by atoms with Crippen molar-refractivity contribution in [3.63, 3.8) is 0 Å². The highest BCUT2D eigenvalue weighted by atomic mass is 35.5. The molecule has 1 amide bonds. The summed E-state index contributed by atoms with van der Waals surface area (Å²) < 4.78 is 0. The Kier molecular flexibility index (Phi) is 6.45. The maximum Gasteiger partial charge on any atom is 0.237 e. The minimum absolute atomic E-state index is 0.188. The molecule has 0 bridgehead atoms. The monoisotopic (exact) mass is 337 g/mol. The molecule has 1 aliphatic rings.